The molecule has 0 radical (unpaired) electrons. The van der Waals surface area contributed by atoms with Crippen molar-refractivity contribution in [3.63, 3.8) is 0 Å². The molecule has 2 aromatic carbocycles. The minimum Gasteiger partial charge on any atom is -0.494 e. The molecule has 10 nitrogen and oxygen atoms in total. The Morgan fingerprint density at radius 2 is 1.83 bits per heavy atom. The van der Waals surface area contributed by atoms with Crippen molar-refractivity contribution in [2.24, 2.45) is 0 Å². The van der Waals surface area contributed by atoms with E-state index in [9.17, 15) is 8.42 Å². The third-order valence-electron chi connectivity index (χ3n) is 7.26. The van der Waals surface area contributed by atoms with Crippen LogP contribution in [0.2, 0.25) is 0 Å². The van der Waals surface area contributed by atoms with Crippen molar-refractivity contribution in [2.75, 3.05) is 29.8 Å². The van der Waals surface area contributed by atoms with Gasteiger partial charge in [-0.15, -0.1) is 0 Å². The van der Waals surface area contributed by atoms with Gasteiger partial charge in [0.2, 0.25) is 16.8 Å². The number of rotatable bonds is 7. The number of aryl methyl sites for hydroxylation is 1. The SMILES string of the molecule is COc1cc(N2C(=S)N[C@@H](c3ccccn3)[C@H]2c2cc(C)n(-c3ccc4c(c3)OCO4)c2C)ccc1NS(C)(=O)=O. The van der Waals surface area contributed by atoms with E-state index in [-0.39, 0.29) is 18.9 Å². The predicted octanol–water partition coefficient (Wildman–Crippen LogP) is 4.78. The summed E-state index contributed by atoms with van der Waals surface area (Å²) >= 11 is 5.90. The number of nitrogens with one attached hydrogen (secondary N) is 2. The summed E-state index contributed by atoms with van der Waals surface area (Å²) in [6.45, 7) is 4.36. The van der Waals surface area contributed by atoms with Crippen LogP contribution in [0.4, 0.5) is 11.4 Å². The summed E-state index contributed by atoms with van der Waals surface area (Å²) in [7, 11) is -2.00. The number of hydrogen-bond donors (Lipinski definition) is 2. The maximum Gasteiger partial charge on any atom is 0.231 e. The van der Waals surface area contributed by atoms with Gasteiger partial charge in [0.05, 0.1) is 36.8 Å². The van der Waals surface area contributed by atoms with Crippen LogP contribution in [-0.4, -0.2) is 43.2 Å². The van der Waals surface area contributed by atoms with Crippen molar-refractivity contribution >= 4 is 38.7 Å². The van der Waals surface area contributed by atoms with E-state index in [1.54, 1.807) is 18.3 Å². The zero-order chi connectivity index (χ0) is 28.9. The third-order valence-corrected chi connectivity index (χ3v) is 8.17. The normalized spacial score (nSPS) is 18.0. The lowest BCUT2D eigenvalue weighted by Gasteiger charge is -2.29. The molecule has 41 heavy (non-hydrogen) atoms. The number of hydrogen-bond acceptors (Lipinski definition) is 7. The summed E-state index contributed by atoms with van der Waals surface area (Å²) in [5.41, 5.74) is 6.02. The largest absolute Gasteiger partial charge is 0.494 e. The quantitative estimate of drug-likeness (QED) is 0.294. The van der Waals surface area contributed by atoms with E-state index < -0.39 is 10.0 Å². The minimum atomic E-state index is -3.50. The van der Waals surface area contributed by atoms with Gasteiger partial charge in [-0.1, -0.05) is 6.07 Å². The molecular weight excluding hydrogens is 562 g/mol. The van der Waals surface area contributed by atoms with Crippen LogP contribution in [0, 0.1) is 13.8 Å². The molecule has 0 amide bonds. The van der Waals surface area contributed by atoms with Crippen LogP contribution in [0.5, 0.6) is 17.2 Å². The molecule has 1 fully saturated rings. The predicted molar refractivity (Wildman–Crippen MR) is 161 cm³/mol. The van der Waals surface area contributed by atoms with Gasteiger partial charge >= 0.3 is 0 Å². The number of anilines is 2. The first kappa shape index (κ1) is 26.9. The lowest BCUT2D eigenvalue weighted by molar-refractivity contribution is 0.174. The van der Waals surface area contributed by atoms with Crippen molar-refractivity contribution in [1.29, 1.82) is 0 Å². The smallest absolute Gasteiger partial charge is 0.231 e. The van der Waals surface area contributed by atoms with Crippen LogP contribution >= 0.6 is 12.2 Å². The maximum atomic E-state index is 11.9. The van der Waals surface area contributed by atoms with E-state index in [1.807, 2.05) is 47.4 Å². The zero-order valence-electron chi connectivity index (χ0n) is 22.9. The fourth-order valence-corrected chi connectivity index (χ4v) is 6.49. The topological polar surface area (TPSA) is 107 Å². The average molecular weight is 592 g/mol. The molecule has 0 unspecified atom stereocenters. The molecular formula is C29H29N5O5S2. The van der Waals surface area contributed by atoms with Crippen molar-refractivity contribution in [3.8, 4) is 22.9 Å². The van der Waals surface area contributed by atoms with Crippen LogP contribution in [0.25, 0.3) is 5.69 Å². The fraction of sp³-hybridized carbons (Fsp3) is 0.241. The number of methoxy groups -OCH3 is 1. The lowest BCUT2D eigenvalue weighted by atomic mass is 9.96. The number of thiocarbonyl (C=S) groups is 1. The monoisotopic (exact) mass is 591 g/mol. The molecule has 2 atom stereocenters. The van der Waals surface area contributed by atoms with Gasteiger partial charge in [0, 0.05) is 41.1 Å². The van der Waals surface area contributed by atoms with Crippen LogP contribution in [0.1, 0.15) is 34.7 Å². The first-order valence-corrected chi connectivity index (χ1v) is 15.2. The van der Waals surface area contributed by atoms with Crippen LogP contribution in [0.15, 0.2) is 66.9 Å². The molecule has 2 aliphatic rings. The van der Waals surface area contributed by atoms with E-state index in [0.717, 1.165) is 46.0 Å². The Kier molecular flexibility index (Phi) is 6.74. The van der Waals surface area contributed by atoms with Crippen molar-refractivity contribution in [1.82, 2.24) is 14.9 Å². The Balaban J connectivity index is 1.48. The summed E-state index contributed by atoms with van der Waals surface area (Å²) in [6.07, 6.45) is 2.87. The molecule has 0 saturated carbocycles. The summed E-state index contributed by atoms with van der Waals surface area (Å²) < 4.78 is 45.2. The number of pyridine rings is 1. The molecule has 1 saturated heterocycles. The van der Waals surface area contributed by atoms with Gasteiger partial charge in [0.25, 0.3) is 0 Å². The number of nitrogens with zero attached hydrogens (tertiary/aromatic N) is 3. The number of sulfonamides is 1. The van der Waals surface area contributed by atoms with Crippen molar-refractivity contribution < 1.29 is 22.6 Å². The first-order chi connectivity index (χ1) is 19.6. The van der Waals surface area contributed by atoms with Gasteiger partial charge in [-0.25, -0.2) is 8.42 Å². The fourth-order valence-electron chi connectivity index (χ4n) is 5.57. The number of ether oxygens (including phenoxy) is 3. The Hall–Kier alpha value is -4.29. The third kappa shape index (κ3) is 4.93. The van der Waals surface area contributed by atoms with Gasteiger partial charge in [0.15, 0.2) is 16.6 Å². The molecule has 0 spiro atoms. The highest BCUT2D eigenvalue weighted by Gasteiger charge is 2.42. The van der Waals surface area contributed by atoms with Crippen molar-refractivity contribution in [2.45, 2.75) is 25.9 Å². The summed E-state index contributed by atoms with van der Waals surface area (Å²) in [6, 6.07) is 18.7. The lowest BCUT2D eigenvalue weighted by Crippen LogP contribution is -2.29. The van der Waals surface area contributed by atoms with E-state index in [4.69, 9.17) is 26.4 Å². The van der Waals surface area contributed by atoms with E-state index >= 15 is 0 Å². The van der Waals surface area contributed by atoms with Crippen LogP contribution in [-0.2, 0) is 10.0 Å². The maximum absolute atomic E-state index is 11.9. The second kappa shape index (κ2) is 10.3. The van der Waals surface area contributed by atoms with Gasteiger partial charge in [-0.3, -0.25) is 9.71 Å². The molecule has 2 N–H and O–H groups in total. The Morgan fingerprint density at radius 3 is 2.56 bits per heavy atom. The highest BCUT2D eigenvalue weighted by molar-refractivity contribution is 7.92. The number of fused-ring (bicyclic) bond motifs is 1. The minimum absolute atomic E-state index is 0.210. The Morgan fingerprint density at radius 1 is 1.05 bits per heavy atom. The second-order valence-corrected chi connectivity index (χ2v) is 12.1. The summed E-state index contributed by atoms with van der Waals surface area (Å²) in [5.74, 6) is 1.82. The molecule has 4 aromatic rings. The van der Waals surface area contributed by atoms with Gasteiger partial charge < -0.3 is 29.0 Å². The van der Waals surface area contributed by atoms with Crippen LogP contribution in [0.3, 0.4) is 0 Å². The van der Waals surface area contributed by atoms with Gasteiger partial charge in [-0.05, 0) is 74.1 Å². The standard InChI is InChI=1S/C29H29N5O5S2/c1-17-13-21(18(2)33(17)19-9-11-24-26(15-19)39-16-38-24)28-27(23-7-5-6-12-30-23)31-29(40)34(28)20-8-10-22(25(14-20)37-3)32-41(4,35)36/h5-15,27-28,32H,16H2,1-4H3,(H,31,40)/t27-,28+/m0/s1. The molecule has 2 aromatic heterocycles. The molecule has 12 heteroatoms. The zero-order valence-corrected chi connectivity index (χ0v) is 24.5. The highest BCUT2D eigenvalue weighted by Crippen LogP contribution is 2.45. The Labute approximate surface area is 243 Å². The molecule has 4 heterocycles. The van der Waals surface area contributed by atoms with E-state index in [2.05, 4.69) is 39.5 Å². The molecule has 212 valence electrons. The highest BCUT2D eigenvalue weighted by atomic mass is 32.2. The first-order valence-electron chi connectivity index (χ1n) is 12.9. The van der Waals surface area contributed by atoms with Crippen LogP contribution < -0.4 is 29.1 Å². The van der Waals surface area contributed by atoms with E-state index in [1.165, 1.54) is 7.11 Å². The average Bonchev–Trinajstić information content (AvgIpc) is 3.63. The second-order valence-electron chi connectivity index (χ2n) is 9.95. The Bertz CT molecular complexity index is 1760. The number of benzene rings is 2. The molecule has 0 aliphatic carbocycles. The molecule has 6 rings (SSSR count). The van der Waals surface area contributed by atoms with Crippen molar-refractivity contribution in [3.05, 3.63) is 89.5 Å². The summed E-state index contributed by atoms with van der Waals surface area (Å²) in [4.78, 5) is 6.69. The van der Waals surface area contributed by atoms with Gasteiger partial charge in [0.1, 0.15) is 5.75 Å². The molecule has 0 bridgehead atoms. The summed E-state index contributed by atoms with van der Waals surface area (Å²) in [5, 5.41) is 4.00. The number of aromatic nitrogens is 2. The van der Waals surface area contributed by atoms with Gasteiger partial charge in [-0.2, -0.15) is 0 Å². The van der Waals surface area contributed by atoms with E-state index in [0.29, 0.717) is 22.3 Å². The molecule has 2 aliphatic heterocycles.